The Morgan fingerprint density at radius 3 is 2.11 bits per heavy atom. The zero-order valence-corrected chi connectivity index (χ0v) is 26.9. The fourth-order valence-electron chi connectivity index (χ4n) is 4.34. The number of ether oxygens (including phenoxy) is 4. The molecule has 10 nitrogen and oxygen atoms in total. The Morgan fingerprint density at radius 1 is 0.739 bits per heavy atom. The van der Waals surface area contributed by atoms with Crippen molar-refractivity contribution >= 4 is 46.9 Å². The van der Waals surface area contributed by atoms with Gasteiger partial charge in [0.15, 0.2) is 11.5 Å². The minimum absolute atomic E-state index is 0.00267. The number of anilines is 2. The average Bonchev–Trinajstić information content (AvgIpc) is 3.08. The van der Waals surface area contributed by atoms with Gasteiger partial charge < -0.3 is 34.9 Å². The number of carbonyl (C=O) groups is 3. The van der Waals surface area contributed by atoms with Gasteiger partial charge in [-0.25, -0.2) is 0 Å². The highest BCUT2D eigenvalue weighted by Crippen LogP contribution is 2.33. The third kappa shape index (κ3) is 8.60. The molecule has 0 aliphatic heterocycles. The highest BCUT2D eigenvalue weighted by atomic mass is 32.2. The van der Waals surface area contributed by atoms with Crippen LogP contribution in [0.4, 0.5) is 11.4 Å². The van der Waals surface area contributed by atoms with Crippen molar-refractivity contribution in [2.45, 2.75) is 17.1 Å². The van der Waals surface area contributed by atoms with Gasteiger partial charge in [-0.2, -0.15) is 0 Å². The Balaban J connectivity index is 1.49. The Bertz CT molecular complexity index is 1710. The highest BCUT2D eigenvalue weighted by Gasteiger charge is 2.19. The Kier molecular flexibility index (Phi) is 11.7. The number of rotatable bonds is 13. The van der Waals surface area contributed by atoms with Gasteiger partial charge in [-0.15, -0.1) is 11.8 Å². The van der Waals surface area contributed by atoms with Gasteiger partial charge in [0.05, 0.1) is 39.4 Å². The summed E-state index contributed by atoms with van der Waals surface area (Å²) in [6, 6.07) is 26.0. The van der Waals surface area contributed by atoms with Crippen LogP contribution >= 0.6 is 11.8 Å². The molecule has 0 saturated carbocycles. The minimum atomic E-state index is -0.547. The minimum Gasteiger partial charge on any atom is -0.497 e. The second kappa shape index (κ2) is 16.1. The van der Waals surface area contributed by atoms with E-state index in [-0.39, 0.29) is 11.6 Å². The summed E-state index contributed by atoms with van der Waals surface area (Å²) < 4.78 is 21.5. The summed E-state index contributed by atoms with van der Waals surface area (Å²) in [4.78, 5) is 40.3. The molecule has 238 valence electrons. The summed E-state index contributed by atoms with van der Waals surface area (Å²) in [6.07, 6.45) is 1.53. The topological polar surface area (TPSA) is 124 Å². The average molecular weight is 642 g/mol. The van der Waals surface area contributed by atoms with Crippen LogP contribution in [-0.4, -0.2) is 51.4 Å². The number of para-hydroxylation sites is 1. The van der Waals surface area contributed by atoms with Gasteiger partial charge in [-0.1, -0.05) is 30.3 Å². The second-order valence-corrected chi connectivity index (χ2v) is 11.2. The molecule has 4 aromatic rings. The lowest BCUT2D eigenvalue weighted by Crippen LogP contribution is -2.30. The van der Waals surface area contributed by atoms with E-state index >= 15 is 0 Å². The molecule has 3 N–H and O–H groups in total. The second-order valence-electron chi connectivity index (χ2n) is 9.75. The van der Waals surface area contributed by atoms with E-state index < -0.39 is 17.1 Å². The smallest absolute Gasteiger partial charge is 0.272 e. The molecule has 0 fully saturated rings. The number of methoxy groups -OCH3 is 4. The maximum Gasteiger partial charge on any atom is 0.272 e. The number of carbonyl (C=O) groups excluding carboxylic acids is 3. The van der Waals surface area contributed by atoms with Crippen LogP contribution in [0.15, 0.2) is 102 Å². The van der Waals surface area contributed by atoms with E-state index in [4.69, 9.17) is 18.9 Å². The third-order valence-electron chi connectivity index (χ3n) is 6.72. The predicted octanol–water partition coefficient (Wildman–Crippen LogP) is 6.25. The summed E-state index contributed by atoms with van der Waals surface area (Å²) in [6.45, 7) is 1.79. The first-order valence-corrected chi connectivity index (χ1v) is 15.0. The monoisotopic (exact) mass is 641 g/mol. The van der Waals surface area contributed by atoms with Gasteiger partial charge in [0.2, 0.25) is 5.91 Å². The van der Waals surface area contributed by atoms with E-state index in [1.165, 1.54) is 39.2 Å². The van der Waals surface area contributed by atoms with Crippen molar-refractivity contribution in [3.05, 3.63) is 108 Å². The van der Waals surface area contributed by atoms with E-state index in [1.54, 1.807) is 105 Å². The number of thioether (sulfide) groups is 1. The molecule has 3 amide bonds. The van der Waals surface area contributed by atoms with Gasteiger partial charge >= 0.3 is 0 Å². The van der Waals surface area contributed by atoms with Crippen LogP contribution in [0, 0.1) is 0 Å². The lowest BCUT2D eigenvalue weighted by Gasteiger charge is -2.16. The molecule has 0 saturated heterocycles. The normalized spacial score (nSPS) is 11.5. The zero-order chi connectivity index (χ0) is 33.1. The molecule has 46 heavy (non-hydrogen) atoms. The fraction of sp³-hybridized carbons (Fsp3) is 0.171. The highest BCUT2D eigenvalue weighted by molar-refractivity contribution is 8.00. The lowest BCUT2D eigenvalue weighted by molar-refractivity contribution is -0.115. The Hall–Kier alpha value is -5.42. The van der Waals surface area contributed by atoms with Crippen LogP contribution in [0.3, 0.4) is 0 Å². The number of benzene rings is 4. The molecule has 1 unspecified atom stereocenters. The molecular formula is C35H35N3O7S. The van der Waals surface area contributed by atoms with Gasteiger partial charge in [0.1, 0.15) is 17.2 Å². The van der Waals surface area contributed by atoms with Crippen molar-refractivity contribution in [3.63, 3.8) is 0 Å². The van der Waals surface area contributed by atoms with Gasteiger partial charge in [0, 0.05) is 27.8 Å². The van der Waals surface area contributed by atoms with Crippen molar-refractivity contribution in [1.29, 1.82) is 0 Å². The number of nitrogens with one attached hydrogen (secondary N) is 3. The van der Waals surface area contributed by atoms with Crippen molar-refractivity contribution in [2.24, 2.45) is 0 Å². The molecule has 0 aromatic heterocycles. The van der Waals surface area contributed by atoms with Crippen LogP contribution in [-0.2, 0) is 9.59 Å². The zero-order valence-electron chi connectivity index (χ0n) is 26.1. The lowest BCUT2D eigenvalue weighted by atomic mass is 10.1. The molecule has 4 aromatic carbocycles. The maximum absolute atomic E-state index is 13.5. The quantitative estimate of drug-likeness (QED) is 0.116. The van der Waals surface area contributed by atoms with Crippen molar-refractivity contribution in [3.8, 4) is 23.0 Å². The van der Waals surface area contributed by atoms with Crippen LogP contribution in [0.1, 0.15) is 22.8 Å². The maximum atomic E-state index is 13.5. The van der Waals surface area contributed by atoms with E-state index in [2.05, 4.69) is 16.0 Å². The molecule has 0 aliphatic rings. The summed E-state index contributed by atoms with van der Waals surface area (Å²) in [5, 5.41) is 8.00. The summed E-state index contributed by atoms with van der Waals surface area (Å²) >= 11 is 1.35. The first kappa shape index (κ1) is 33.5. The molecule has 0 radical (unpaired) electrons. The predicted molar refractivity (Wildman–Crippen MR) is 180 cm³/mol. The van der Waals surface area contributed by atoms with Crippen molar-refractivity contribution < 1.29 is 33.3 Å². The number of hydrogen-bond donors (Lipinski definition) is 3. The summed E-state index contributed by atoms with van der Waals surface area (Å²) in [7, 11) is 6.09. The number of hydrogen-bond acceptors (Lipinski definition) is 8. The molecular weight excluding hydrogens is 606 g/mol. The molecule has 0 aliphatic carbocycles. The van der Waals surface area contributed by atoms with Gasteiger partial charge in [-0.3, -0.25) is 14.4 Å². The van der Waals surface area contributed by atoms with Crippen LogP contribution in [0.25, 0.3) is 6.08 Å². The molecule has 0 bridgehead atoms. The molecule has 11 heteroatoms. The third-order valence-corrected chi connectivity index (χ3v) is 7.83. The van der Waals surface area contributed by atoms with E-state index in [1.807, 2.05) is 0 Å². The van der Waals surface area contributed by atoms with E-state index in [0.29, 0.717) is 45.5 Å². The van der Waals surface area contributed by atoms with Crippen molar-refractivity contribution in [1.82, 2.24) is 5.32 Å². The summed E-state index contributed by atoms with van der Waals surface area (Å²) in [5.74, 6) is 0.784. The van der Waals surface area contributed by atoms with Gasteiger partial charge in [0.25, 0.3) is 11.8 Å². The van der Waals surface area contributed by atoms with E-state index in [0.717, 1.165) is 4.90 Å². The van der Waals surface area contributed by atoms with Crippen LogP contribution in [0.5, 0.6) is 23.0 Å². The molecule has 0 heterocycles. The van der Waals surface area contributed by atoms with Crippen LogP contribution in [0.2, 0.25) is 0 Å². The SMILES string of the molecule is COc1ccc(OC)c(NC(=O)C(C)Sc2ccc(NC(=O)/C(=C/c3cccc(OC)c3OC)NC(=O)c3ccccc3)cc2)c1. The van der Waals surface area contributed by atoms with Crippen molar-refractivity contribution in [2.75, 3.05) is 39.1 Å². The first-order valence-electron chi connectivity index (χ1n) is 14.2. The Labute approximate surface area is 272 Å². The van der Waals surface area contributed by atoms with Crippen LogP contribution < -0.4 is 34.9 Å². The summed E-state index contributed by atoms with van der Waals surface area (Å²) in [5.41, 5.74) is 1.92. The molecule has 1 atom stereocenters. The largest absolute Gasteiger partial charge is 0.497 e. The van der Waals surface area contributed by atoms with E-state index in [9.17, 15) is 14.4 Å². The first-order chi connectivity index (χ1) is 22.3. The Morgan fingerprint density at radius 2 is 1.46 bits per heavy atom. The fourth-order valence-corrected chi connectivity index (χ4v) is 5.21. The molecule has 0 spiro atoms. The molecule has 4 rings (SSSR count). The number of amides is 3. The standard InChI is InChI=1S/C35H35N3O7S/c1-22(33(39)37-28-21-26(42-2)16-19-30(28)43-3)46-27-17-14-25(15-18-27)36-35(41)29(38-34(40)23-10-7-6-8-11-23)20-24-12-9-13-31(44-4)32(24)45-5/h6-22H,1-5H3,(H,36,41)(H,37,39)(H,38,40)/b29-20-. The van der Waals surface area contributed by atoms with Gasteiger partial charge in [-0.05, 0) is 67.6 Å².